The van der Waals surface area contributed by atoms with E-state index in [1.54, 1.807) is 0 Å². The van der Waals surface area contributed by atoms with E-state index in [0.29, 0.717) is 13.0 Å². The van der Waals surface area contributed by atoms with E-state index in [-0.39, 0.29) is 11.1 Å². The third-order valence-corrected chi connectivity index (χ3v) is 2.65. The van der Waals surface area contributed by atoms with Crippen LogP contribution in [0.25, 0.3) is 0 Å². The van der Waals surface area contributed by atoms with E-state index in [9.17, 15) is 5.11 Å². The number of hydrogen-bond acceptors (Lipinski definition) is 2. The minimum atomic E-state index is -0.736. The molecule has 2 unspecified atom stereocenters. The molecule has 0 aliphatic rings. The Hall–Kier alpha value is 0.427. The van der Waals surface area contributed by atoms with Crippen LogP contribution in [0.1, 0.15) is 20.3 Å². The summed E-state index contributed by atoms with van der Waals surface area (Å²) in [7, 11) is -0.736. The van der Waals surface area contributed by atoms with Gasteiger partial charge in [0, 0.05) is 12.0 Å². The van der Waals surface area contributed by atoms with E-state index >= 15 is 0 Å². The van der Waals surface area contributed by atoms with Crippen LogP contribution in [0.5, 0.6) is 0 Å². The molecule has 4 heteroatoms. The quantitative estimate of drug-likeness (QED) is 0.494. The average Bonchev–Trinajstić information content (AvgIpc) is 1.82. The first-order valence-electron chi connectivity index (χ1n) is 3.56. The SMILES string of the molecule is CCO[SiH2]C(O)CC(C)Cl. The molecule has 0 bridgehead atoms. The molecule has 0 saturated heterocycles. The van der Waals surface area contributed by atoms with Gasteiger partial charge in [0.15, 0.2) is 9.76 Å². The van der Waals surface area contributed by atoms with Gasteiger partial charge in [0.05, 0.1) is 5.73 Å². The Morgan fingerprint density at radius 2 is 2.30 bits per heavy atom. The maximum atomic E-state index is 9.20. The highest BCUT2D eigenvalue weighted by molar-refractivity contribution is 6.29. The first kappa shape index (κ1) is 10.4. The van der Waals surface area contributed by atoms with Crippen molar-refractivity contribution in [3.8, 4) is 0 Å². The summed E-state index contributed by atoms with van der Waals surface area (Å²) < 4.78 is 5.13. The average molecular weight is 183 g/mol. The Morgan fingerprint density at radius 3 is 2.70 bits per heavy atom. The number of aliphatic hydroxyl groups is 1. The van der Waals surface area contributed by atoms with Crippen LogP contribution in [-0.4, -0.2) is 32.6 Å². The minimum Gasteiger partial charge on any atom is -0.422 e. The van der Waals surface area contributed by atoms with Crippen molar-refractivity contribution in [3.63, 3.8) is 0 Å². The lowest BCUT2D eigenvalue weighted by Gasteiger charge is -2.09. The highest BCUT2D eigenvalue weighted by Gasteiger charge is 2.07. The van der Waals surface area contributed by atoms with E-state index < -0.39 is 9.76 Å². The molecule has 0 aliphatic heterocycles. The smallest absolute Gasteiger partial charge is 0.190 e. The monoisotopic (exact) mass is 182 g/mol. The molecule has 0 aromatic rings. The van der Waals surface area contributed by atoms with E-state index in [1.807, 2.05) is 13.8 Å². The van der Waals surface area contributed by atoms with Crippen LogP contribution >= 0.6 is 11.6 Å². The summed E-state index contributed by atoms with van der Waals surface area (Å²) in [5.41, 5.74) is -0.271. The summed E-state index contributed by atoms with van der Waals surface area (Å²) in [6, 6.07) is 0. The molecule has 62 valence electrons. The van der Waals surface area contributed by atoms with Gasteiger partial charge in [0.25, 0.3) is 0 Å². The fraction of sp³-hybridized carbons (Fsp3) is 1.00. The van der Waals surface area contributed by atoms with Crippen LogP contribution in [0.2, 0.25) is 0 Å². The van der Waals surface area contributed by atoms with E-state index in [4.69, 9.17) is 16.0 Å². The van der Waals surface area contributed by atoms with Gasteiger partial charge in [0.1, 0.15) is 0 Å². The molecule has 0 amide bonds. The third kappa shape index (κ3) is 6.55. The molecule has 0 saturated carbocycles. The van der Waals surface area contributed by atoms with Crippen LogP contribution in [0.3, 0.4) is 0 Å². The predicted molar refractivity (Wildman–Crippen MR) is 46.1 cm³/mol. The first-order chi connectivity index (χ1) is 4.66. The molecule has 0 spiro atoms. The maximum Gasteiger partial charge on any atom is 0.190 e. The number of rotatable bonds is 5. The van der Waals surface area contributed by atoms with Crippen LogP contribution in [0.15, 0.2) is 0 Å². The number of halogens is 1. The molecular formula is C6H15ClO2Si. The Labute approximate surface area is 69.5 Å². The Morgan fingerprint density at radius 1 is 1.70 bits per heavy atom. The van der Waals surface area contributed by atoms with E-state index in [1.165, 1.54) is 0 Å². The van der Waals surface area contributed by atoms with Gasteiger partial charge in [-0.25, -0.2) is 0 Å². The molecule has 0 radical (unpaired) electrons. The molecule has 10 heavy (non-hydrogen) atoms. The maximum absolute atomic E-state index is 9.20. The summed E-state index contributed by atoms with van der Waals surface area (Å²) >= 11 is 5.66. The lowest BCUT2D eigenvalue weighted by atomic mass is 10.3. The first-order valence-corrected chi connectivity index (χ1v) is 5.39. The molecule has 0 aromatic carbocycles. The number of hydrogen-bond donors (Lipinski definition) is 1. The van der Waals surface area contributed by atoms with Gasteiger partial charge >= 0.3 is 0 Å². The molecule has 2 atom stereocenters. The third-order valence-electron chi connectivity index (χ3n) is 1.11. The van der Waals surface area contributed by atoms with Crippen molar-refractivity contribution in [2.24, 2.45) is 0 Å². The summed E-state index contributed by atoms with van der Waals surface area (Å²) in [5.74, 6) is 0. The van der Waals surface area contributed by atoms with Gasteiger partial charge in [-0.1, -0.05) is 0 Å². The lowest BCUT2D eigenvalue weighted by Crippen LogP contribution is -2.22. The van der Waals surface area contributed by atoms with Crippen molar-refractivity contribution >= 4 is 21.4 Å². The van der Waals surface area contributed by atoms with Crippen LogP contribution < -0.4 is 0 Å². The summed E-state index contributed by atoms with van der Waals surface area (Å²) in [5, 5.41) is 9.26. The molecular weight excluding hydrogens is 168 g/mol. The van der Waals surface area contributed by atoms with Crippen LogP contribution in [-0.2, 0) is 4.43 Å². The zero-order valence-electron chi connectivity index (χ0n) is 6.51. The molecule has 0 fully saturated rings. The van der Waals surface area contributed by atoms with Crippen molar-refractivity contribution in [2.45, 2.75) is 31.4 Å². The van der Waals surface area contributed by atoms with Crippen molar-refractivity contribution in [1.82, 2.24) is 0 Å². The Balaban J connectivity index is 3.16. The van der Waals surface area contributed by atoms with E-state index in [0.717, 1.165) is 0 Å². The van der Waals surface area contributed by atoms with Gasteiger partial charge in [-0.3, -0.25) is 0 Å². The van der Waals surface area contributed by atoms with Crippen molar-refractivity contribution in [1.29, 1.82) is 0 Å². The van der Waals surface area contributed by atoms with Gasteiger partial charge in [-0.2, -0.15) is 0 Å². The molecule has 0 aromatic heterocycles. The fourth-order valence-electron chi connectivity index (χ4n) is 0.697. The zero-order chi connectivity index (χ0) is 7.98. The zero-order valence-corrected chi connectivity index (χ0v) is 8.68. The second-order valence-electron chi connectivity index (χ2n) is 2.33. The molecule has 2 nitrogen and oxygen atoms in total. The summed E-state index contributed by atoms with van der Waals surface area (Å²) in [6.07, 6.45) is 0.660. The second-order valence-corrected chi connectivity index (χ2v) is 4.76. The molecule has 0 rings (SSSR count). The van der Waals surface area contributed by atoms with Crippen LogP contribution in [0, 0.1) is 0 Å². The van der Waals surface area contributed by atoms with Gasteiger partial charge in [-0.15, -0.1) is 11.6 Å². The van der Waals surface area contributed by atoms with Gasteiger partial charge in [-0.05, 0) is 20.3 Å². The van der Waals surface area contributed by atoms with Gasteiger partial charge in [0.2, 0.25) is 0 Å². The second kappa shape index (κ2) is 6.16. The fourth-order valence-corrected chi connectivity index (χ4v) is 2.26. The highest BCUT2D eigenvalue weighted by Crippen LogP contribution is 2.03. The highest BCUT2D eigenvalue weighted by atomic mass is 35.5. The topological polar surface area (TPSA) is 29.5 Å². The van der Waals surface area contributed by atoms with Gasteiger partial charge < -0.3 is 9.53 Å². The largest absolute Gasteiger partial charge is 0.422 e. The normalized spacial score (nSPS) is 18.0. The van der Waals surface area contributed by atoms with Crippen LogP contribution in [0.4, 0.5) is 0 Å². The molecule has 1 N–H and O–H groups in total. The number of alkyl halides is 1. The van der Waals surface area contributed by atoms with Crippen molar-refractivity contribution in [2.75, 3.05) is 6.61 Å². The lowest BCUT2D eigenvalue weighted by molar-refractivity contribution is 0.210. The number of aliphatic hydroxyl groups excluding tert-OH is 1. The summed E-state index contributed by atoms with van der Waals surface area (Å²) in [4.78, 5) is 0. The van der Waals surface area contributed by atoms with Crippen molar-refractivity contribution in [3.05, 3.63) is 0 Å². The minimum absolute atomic E-state index is 0.0583. The summed E-state index contributed by atoms with van der Waals surface area (Å²) in [6.45, 7) is 4.52. The van der Waals surface area contributed by atoms with E-state index in [2.05, 4.69) is 0 Å². The standard InChI is InChI=1S/C6H15ClO2Si/c1-3-9-10-6(8)4-5(2)7/h5-6,8H,3-4,10H2,1-2H3. The Kier molecular flexibility index (Phi) is 6.42. The Bertz CT molecular complexity index is 80.1. The predicted octanol–water partition coefficient (Wildman–Crippen LogP) is 0.442. The van der Waals surface area contributed by atoms with Crippen molar-refractivity contribution < 1.29 is 9.53 Å². The molecule has 0 heterocycles. The molecule has 0 aliphatic carbocycles.